The Balaban J connectivity index is 2.20. The zero-order chi connectivity index (χ0) is 9.10. The first-order valence-corrected chi connectivity index (χ1v) is 6.85. The molecule has 0 radical (unpaired) electrons. The molecule has 1 aromatic rings. The number of benzene rings is 1. The Morgan fingerprint density at radius 1 is 1.31 bits per heavy atom. The van der Waals surface area contributed by atoms with Gasteiger partial charge in [0.25, 0.3) is 0 Å². The molecule has 13 heavy (non-hydrogen) atoms. The molecule has 1 saturated heterocycles. The normalized spacial score (nSPS) is 28.6. The van der Waals surface area contributed by atoms with Crippen molar-refractivity contribution in [3.05, 3.63) is 35.9 Å². The van der Waals surface area contributed by atoms with Crippen LogP contribution in [0.4, 0.5) is 0 Å². The molecule has 1 heterocycles. The standard InChI is InChI=1S/C10H12OS2/c11-13-8-4-7-12-10(13)9-5-2-1-3-6-9/h1-3,5-6,10H,4,7-8H2/t10-,13-/m1/s1. The van der Waals surface area contributed by atoms with E-state index < -0.39 is 10.8 Å². The lowest BCUT2D eigenvalue weighted by Crippen LogP contribution is -2.13. The second kappa shape index (κ2) is 4.29. The fraction of sp³-hybridized carbons (Fsp3) is 0.400. The molecule has 0 aliphatic carbocycles. The van der Waals surface area contributed by atoms with Crippen molar-refractivity contribution in [3.8, 4) is 0 Å². The Labute approximate surface area is 85.4 Å². The van der Waals surface area contributed by atoms with Crippen LogP contribution in [-0.4, -0.2) is 15.7 Å². The third-order valence-electron chi connectivity index (χ3n) is 2.07. The van der Waals surface area contributed by atoms with Crippen LogP contribution in [0.25, 0.3) is 0 Å². The van der Waals surface area contributed by atoms with E-state index in [1.807, 2.05) is 30.0 Å². The lowest BCUT2D eigenvalue weighted by molar-refractivity contribution is 0.679. The SMILES string of the molecule is O=[S@@]1CCCS[C@H]1c1ccccc1. The van der Waals surface area contributed by atoms with Gasteiger partial charge in [-0.2, -0.15) is 0 Å². The number of thioether (sulfide) groups is 1. The van der Waals surface area contributed by atoms with Gasteiger partial charge in [-0.15, -0.1) is 11.8 Å². The molecule has 2 rings (SSSR count). The summed E-state index contributed by atoms with van der Waals surface area (Å²) in [5.41, 5.74) is 1.21. The predicted molar refractivity (Wildman–Crippen MR) is 59.3 cm³/mol. The van der Waals surface area contributed by atoms with Gasteiger partial charge in [0.05, 0.1) is 0 Å². The summed E-state index contributed by atoms with van der Waals surface area (Å²) < 4.78 is 11.9. The first kappa shape index (κ1) is 9.28. The summed E-state index contributed by atoms with van der Waals surface area (Å²) in [6.45, 7) is 0. The van der Waals surface area contributed by atoms with Crippen molar-refractivity contribution in [1.82, 2.24) is 0 Å². The highest BCUT2D eigenvalue weighted by molar-refractivity contribution is 8.11. The molecule has 0 spiro atoms. The highest BCUT2D eigenvalue weighted by atomic mass is 32.2. The maximum absolute atomic E-state index is 11.7. The van der Waals surface area contributed by atoms with E-state index in [9.17, 15) is 4.21 Å². The highest BCUT2D eigenvalue weighted by Crippen LogP contribution is 2.36. The Hall–Kier alpha value is -0.280. The quantitative estimate of drug-likeness (QED) is 0.711. The maximum atomic E-state index is 11.7. The van der Waals surface area contributed by atoms with Crippen LogP contribution in [0, 0.1) is 0 Å². The van der Waals surface area contributed by atoms with Crippen LogP contribution in [0.2, 0.25) is 0 Å². The third kappa shape index (κ3) is 2.15. The Morgan fingerprint density at radius 3 is 2.77 bits per heavy atom. The summed E-state index contributed by atoms with van der Waals surface area (Å²) >= 11 is 1.82. The average molecular weight is 212 g/mol. The van der Waals surface area contributed by atoms with Gasteiger partial charge >= 0.3 is 0 Å². The van der Waals surface area contributed by atoms with Gasteiger partial charge in [-0.1, -0.05) is 30.3 Å². The topological polar surface area (TPSA) is 17.1 Å². The van der Waals surface area contributed by atoms with Gasteiger partial charge in [0.1, 0.15) is 4.58 Å². The van der Waals surface area contributed by atoms with Gasteiger partial charge in [0.2, 0.25) is 0 Å². The molecule has 1 aliphatic heterocycles. The molecule has 1 fully saturated rings. The van der Waals surface area contributed by atoms with E-state index >= 15 is 0 Å². The van der Waals surface area contributed by atoms with E-state index in [1.165, 1.54) is 5.56 Å². The molecular formula is C10H12OS2. The van der Waals surface area contributed by atoms with Crippen LogP contribution < -0.4 is 0 Å². The summed E-state index contributed by atoms with van der Waals surface area (Å²) in [6, 6.07) is 10.2. The molecule has 0 bridgehead atoms. The van der Waals surface area contributed by atoms with Crippen LogP contribution in [0.5, 0.6) is 0 Å². The summed E-state index contributed by atoms with van der Waals surface area (Å²) in [5.74, 6) is 2.01. The second-order valence-corrected chi connectivity index (χ2v) is 6.20. The highest BCUT2D eigenvalue weighted by Gasteiger charge is 2.22. The van der Waals surface area contributed by atoms with E-state index in [1.54, 1.807) is 0 Å². The van der Waals surface area contributed by atoms with E-state index in [2.05, 4.69) is 12.1 Å². The smallest absolute Gasteiger partial charge is 0.105 e. The minimum Gasteiger partial charge on any atom is -0.258 e. The van der Waals surface area contributed by atoms with Crippen molar-refractivity contribution in [2.24, 2.45) is 0 Å². The molecule has 3 heteroatoms. The van der Waals surface area contributed by atoms with Crippen LogP contribution in [0.15, 0.2) is 30.3 Å². The molecule has 70 valence electrons. The van der Waals surface area contributed by atoms with Crippen molar-refractivity contribution in [2.75, 3.05) is 11.5 Å². The van der Waals surface area contributed by atoms with Crippen molar-refractivity contribution >= 4 is 22.6 Å². The number of hydrogen-bond acceptors (Lipinski definition) is 2. The first-order chi connectivity index (χ1) is 6.38. The van der Waals surface area contributed by atoms with Gasteiger partial charge in [0.15, 0.2) is 0 Å². The van der Waals surface area contributed by atoms with Crippen molar-refractivity contribution in [3.63, 3.8) is 0 Å². The van der Waals surface area contributed by atoms with Gasteiger partial charge in [-0.3, -0.25) is 4.21 Å². The first-order valence-electron chi connectivity index (χ1n) is 4.41. The Bertz CT molecular complexity index is 297. The summed E-state index contributed by atoms with van der Waals surface area (Å²) in [4.78, 5) is 0. The Kier molecular flexibility index (Phi) is 3.06. The lowest BCUT2D eigenvalue weighted by atomic mass is 10.2. The summed E-state index contributed by atoms with van der Waals surface area (Å²) in [5, 5.41) is 0. The molecular weight excluding hydrogens is 200 g/mol. The van der Waals surface area contributed by atoms with Crippen molar-refractivity contribution < 1.29 is 4.21 Å². The van der Waals surface area contributed by atoms with Crippen molar-refractivity contribution in [2.45, 2.75) is 11.0 Å². The number of hydrogen-bond donors (Lipinski definition) is 0. The molecule has 2 atom stereocenters. The molecule has 0 amide bonds. The van der Waals surface area contributed by atoms with Crippen LogP contribution >= 0.6 is 11.8 Å². The van der Waals surface area contributed by atoms with E-state index in [0.29, 0.717) is 0 Å². The van der Waals surface area contributed by atoms with Gasteiger partial charge in [0, 0.05) is 16.6 Å². The minimum atomic E-state index is -0.666. The molecule has 0 saturated carbocycles. The zero-order valence-corrected chi connectivity index (χ0v) is 8.94. The van der Waals surface area contributed by atoms with Gasteiger partial charge in [-0.25, -0.2) is 0 Å². The van der Waals surface area contributed by atoms with Crippen molar-refractivity contribution in [1.29, 1.82) is 0 Å². The number of rotatable bonds is 1. The second-order valence-electron chi connectivity index (χ2n) is 3.05. The lowest BCUT2D eigenvalue weighted by Gasteiger charge is -2.20. The third-order valence-corrected chi connectivity index (χ3v) is 5.66. The largest absolute Gasteiger partial charge is 0.258 e. The fourth-order valence-electron chi connectivity index (χ4n) is 1.43. The Morgan fingerprint density at radius 2 is 2.08 bits per heavy atom. The zero-order valence-electron chi connectivity index (χ0n) is 7.31. The maximum Gasteiger partial charge on any atom is 0.105 e. The van der Waals surface area contributed by atoms with E-state index in [4.69, 9.17) is 0 Å². The molecule has 0 N–H and O–H groups in total. The average Bonchev–Trinajstić information content (AvgIpc) is 2.20. The molecule has 0 aromatic heterocycles. The van der Waals surface area contributed by atoms with Gasteiger partial charge in [-0.05, 0) is 17.7 Å². The summed E-state index contributed by atoms with van der Waals surface area (Å²) in [6.07, 6.45) is 1.10. The minimum absolute atomic E-state index is 0.218. The van der Waals surface area contributed by atoms with Gasteiger partial charge < -0.3 is 0 Å². The van der Waals surface area contributed by atoms with E-state index in [-0.39, 0.29) is 4.58 Å². The van der Waals surface area contributed by atoms with Crippen LogP contribution in [0.1, 0.15) is 16.6 Å². The molecule has 0 unspecified atom stereocenters. The van der Waals surface area contributed by atoms with E-state index in [0.717, 1.165) is 17.9 Å². The molecule has 1 aromatic carbocycles. The van der Waals surface area contributed by atoms with Crippen LogP contribution in [-0.2, 0) is 10.8 Å². The monoisotopic (exact) mass is 212 g/mol. The fourth-order valence-corrected chi connectivity index (χ4v) is 4.78. The van der Waals surface area contributed by atoms with Crippen LogP contribution in [0.3, 0.4) is 0 Å². The summed E-state index contributed by atoms with van der Waals surface area (Å²) in [7, 11) is -0.666. The molecule has 1 aliphatic rings. The predicted octanol–water partition coefficient (Wildman–Crippen LogP) is 2.57. The molecule has 1 nitrogen and oxygen atoms in total.